The highest BCUT2D eigenvalue weighted by molar-refractivity contribution is 7.85. The standard InChI is InChI=1S/C18H23ClN.C8H10O3S/c1-6-13-8-7-9-14(10-13)15-11-20(5)12-16(17(15)19)18(2,3)4;1-2-7-4-3-5-8(6-7)12(9,10)11/h7-12H,6H2,1-5H3;3-6H,2H2,1H3,(H,9,10,11)/q+1;/p-1. The molecule has 0 aliphatic carbocycles. The summed E-state index contributed by atoms with van der Waals surface area (Å²) in [6.45, 7) is 10.7. The average Bonchev–Trinajstić information content (AvgIpc) is 2.74. The highest BCUT2D eigenvalue weighted by Crippen LogP contribution is 2.35. The van der Waals surface area contributed by atoms with Gasteiger partial charge in [0.1, 0.15) is 17.2 Å². The first-order chi connectivity index (χ1) is 14.9. The smallest absolute Gasteiger partial charge is 0.177 e. The Balaban J connectivity index is 0.000000258. The minimum absolute atomic E-state index is 0.0349. The van der Waals surface area contributed by atoms with E-state index in [4.69, 9.17) is 11.6 Å². The molecule has 0 saturated heterocycles. The van der Waals surface area contributed by atoms with Gasteiger partial charge in [0.25, 0.3) is 0 Å². The lowest BCUT2D eigenvalue weighted by Gasteiger charge is -2.20. The van der Waals surface area contributed by atoms with E-state index in [1.165, 1.54) is 28.8 Å². The van der Waals surface area contributed by atoms with Crippen LogP contribution < -0.4 is 4.57 Å². The molecule has 0 fully saturated rings. The first-order valence-electron chi connectivity index (χ1n) is 10.7. The summed E-state index contributed by atoms with van der Waals surface area (Å²) in [6, 6.07) is 14.7. The number of nitrogens with zero attached hydrogens (tertiary/aromatic N) is 1. The van der Waals surface area contributed by atoms with Gasteiger partial charge in [0, 0.05) is 5.56 Å². The third-order valence-corrected chi connectivity index (χ3v) is 6.43. The van der Waals surface area contributed by atoms with Gasteiger partial charge in [-0.2, -0.15) is 0 Å². The number of aryl methyl sites for hydroxylation is 3. The number of pyridine rings is 1. The predicted molar refractivity (Wildman–Crippen MR) is 130 cm³/mol. The van der Waals surface area contributed by atoms with Crippen LogP contribution in [-0.2, 0) is 35.4 Å². The quantitative estimate of drug-likeness (QED) is 0.353. The highest BCUT2D eigenvalue weighted by atomic mass is 35.5. The number of aromatic nitrogens is 1. The van der Waals surface area contributed by atoms with Crippen molar-refractivity contribution >= 4 is 21.7 Å². The predicted octanol–water partition coefficient (Wildman–Crippen LogP) is 5.84. The first kappa shape index (κ1) is 26.0. The SMILES string of the molecule is CCc1cccc(-c2c[n+](C)cc(C(C)(C)C)c2Cl)c1.CCc1cccc(S(=O)(=O)[O-])c1. The molecule has 0 aliphatic rings. The van der Waals surface area contributed by atoms with Crippen molar-refractivity contribution in [3.63, 3.8) is 0 Å². The van der Waals surface area contributed by atoms with Crippen LogP contribution in [0, 0.1) is 0 Å². The maximum atomic E-state index is 10.5. The Morgan fingerprint density at radius 1 is 0.938 bits per heavy atom. The summed E-state index contributed by atoms with van der Waals surface area (Å²) < 4.78 is 33.7. The topological polar surface area (TPSA) is 61.1 Å². The zero-order valence-corrected chi connectivity index (χ0v) is 21.2. The molecular weight excluding hydrogens is 442 g/mol. The van der Waals surface area contributed by atoms with Gasteiger partial charge in [-0.05, 0) is 47.1 Å². The van der Waals surface area contributed by atoms with Gasteiger partial charge < -0.3 is 4.55 Å². The Kier molecular flexibility index (Phi) is 8.63. The Morgan fingerprint density at radius 3 is 2.03 bits per heavy atom. The van der Waals surface area contributed by atoms with Crippen LogP contribution in [0.25, 0.3) is 11.1 Å². The highest BCUT2D eigenvalue weighted by Gasteiger charge is 2.24. The summed E-state index contributed by atoms with van der Waals surface area (Å²) in [4.78, 5) is -0.151. The van der Waals surface area contributed by atoms with Crippen LogP contribution in [-0.4, -0.2) is 13.0 Å². The number of hydrogen-bond donors (Lipinski definition) is 0. The molecule has 0 atom stereocenters. The average molecular weight is 474 g/mol. The molecule has 0 bridgehead atoms. The van der Waals surface area contributed by atoms with Crippen LogP contribution in [0.2, 0.25) is 5.02 Å². The molecule has 0 spiro atoms. The van der Waals surface area contributed by atoms with E-state index < -0.39 is 10.1 Å². The fraction of sp³-hybridized carbons (Fsp3) is 0.346. The molecule has 4 nitrogen and oxygen atoms in total. The molecular formula is C26H32ClNO3S. The van der Waals surface area contributed by atoms with Gasteiger partial charge >= 0.3 is 0 Å². The zero-order chi connectivity index (χ0) is 24.1. The Hall–Kier alpha value is -2.21. The Bertz CT molecular complexity index is 1180. The van der Waals surface area contributed by atoms with Crippen LogP contribution >= 0.6 is 11.6 Å². The molecule has 0 N–H and O–H groups in total. The lowest BCUT2D eigenvalue weighted by molar-refractivity contribution is -0.671. The Labute approximate surface area is 197 Å². The van der Waals surface area contributed by atoms with Crippen molar-refractivity contribution in [2.24, 2.45) is 7.05 Å². The molecule has 172 valence electrons. The largest absolute Gasteiger partial charge is 0.744 e. The third-order valence-electron chi connectivity index (χ3n) is 5.19. The molecule has 0 radical (unpaired) electrons. The van der Waals surface area contributed by atoms with Crippen LogP contribution in [0.5, 0.6) is 0 Å². The fourth-order valence-electron chi connectivity index (χ4n) is 3.31. The van der Waals surface area contributed by atoms with Gasteiger partial charge in [-0.3, -0.25) is 0 Å². The number of hydrogen-bond acceptors (Lipinski definition) is 3. The van der Waals surface area contributed by atoms with E-state index in [1.807, 2.05) is 6.92 Å². The van der Waals surface area contributed by atoms with Crippen molar-refractivity contribution in [3.05, 3.63) is 82.6 Å². The second-order valence-electron chi connectivity index (χ2n) is 8.82. The van der Waals surface area contributed by atoms with E-state index in [-0.39, 0.29) is 10.3 Å². The van der Waals surface area contributed by atoms with Crippen molar-refractivity contribution in [2.45, 2.75) is 57.8 Å². The van der Waals surface area contributed by atoms with E-state index in [9.17, 15) is 13.0 Å². The number of halogens is 1. The fourth-order valence-corrected chi connectivity index (χ4v) is 4.34. The van der Waals surface area contributed by atoms with E-state index in [2.05, 4.69) is 76.0 Å². The maximum absolute atomic E-state index is 10.5. The van der Waals surface area contributed by atoms with Gasteiger partial charge in [0.05, 0.1) is 15.5 Å². The summed E-state index contributed by atoms with van der Waals surface area (Å²) in [6.07, 6.45) is 5.99. The van der Waals surface area contributed by atoms with Crippen molar-refractivity contribution in [1.82, 2.24) is 0 Å². The monoisotopic (exact) mass is 473 g/mol. The van der Waals surface area contributed by atoms with Crippen LogP contribution in [0.1, 0.15) is 51.3 Å². The van der Waals surface area contributed by atoms with E-state index in [1.54, 1.807) is 12.1 Å². The van der Waals surface area contributed by atoms with Gasteiger partial charge in [0.2, 0.25) is 0 Å². The lowest BCUT2D eigenvalue weighted by Crippen LogP contribution is -2.30. The summed E-state index contributed by atoms with van der Waals surface area (Å²) in [5, 5.41) is 0.865. The molecule has 32 heavy (non-hydrogen) atoms. The molecule has 0 unspecified atom stereocenters. The van der Waals surface area contributed by atoms with Gasteiger partial charge in [-0.15, -0.1) is 0 Å². The zero-order valence-electron chi connectivity index (χ0n) is 19.6. The molecule has 0 aliphatic heterocycles. The maximum Gasteiger partial charge on any atom is 0.177 e. The molecule has 3 aromatic rings. The van der Waals surface area contributed by atoms with Crippen molar-refractivity contribution in [2.75, 3.05) is 0 Å². The molecule has 6 heteroatoms. The van der Waals surface area contributed by atoms with E-state index in [0.717, 1.165) is 29.0 Å². The first-order valence-corrected chi connectivity index (χ1v) is 12.5. The Morgan fingerprint density at radius 2 is 1.50 bits per heavy atom. The van der Waals surface area contributed by atoms with Crippen molar-refractivity contribution in [3.8, 4) is 11.1 Å². The molecule has 1 heterocycles. The van der Waals surface area contributed by atoms with Crippen LogP contribution in [0.15, 0.2) is 65.8 Å². The van der Waals surface area contributed by atoms with Crippen molar-refractivity contribution in [1.29, 1.82) is 0 Å². The normalized spacial score (nSPS) is 11.6. The van der Waals surface area contributed by atoms with Gasteiger partial charge in [-0.1, -0.05) is 82.6 Å². The van der Waals surface area contributed by atoms with Crippen LogP contribution in [0.3, 0.4) is 0 Å². The minimum atomic E-state index is -4.29. The molecule has 0 amide bonds. The lowest BCUT2D eigenvalue weighted by atomic mass is 9.86. The van der Waals surface area contributed by atoms with Gasteiger partial charge in [-0.25, -0.2) is 13.0 Å². The summed E-state index contributed by atoms with van der Waals surface area (Å²) in [5.74, 6) is 0. The second kappa shape index (κ2) is 10.6. The molecule has 0 saturated carbocycles. The minimum Gasteiger partial charge on any atom is -0.744 e. The molecule has 2 aromatic carbocycles. The summed E-state index contributed by atoms with van der Waals surface area (Å²) >= 11 is 6.68. The van der Waals surface area contributed by atoms with Gasteiger partial charge in [0.15, 0.2) is 12.4 Å². The van der Waals surface area contributed by atoms with Crippen LogP contribution in [0.4, 0.5) is 0 Å². The second-order valence-corrected chi connectivity index (χ2v) is 10.6. The number of rotatable bonds is 4. The third kappa shape index (κ3) is 6.89. The molecule has 3 rings (SSSR count). The molecule has 1 aromatic heterocycles. The summed E-state index contributed by atoms with van der Waals surface area (Å²) in [5.41, 5.74) is 5.70. The number of benzene rings is 2. The van der Waals surface area contributed by atoms with E-state index >= 15 is 0 Å². The van der Waals surface area contributed by atoms with E-state index in [0.29, 0.717) is 0 Å². The van der Waals surface area contributed by atoms with Crippen molar-refractivity contribution < 1.29 is 17.5 Å². The summed E-state index contributed by atoms with van der Waals surface area (Å²) in [7, 11) is -2.23.